The molecule has 0 aliphatic heterocycles. The average molecular weight is 569 g/mol. The smallest absolute Gasteiger partial charge is 0.225 e. The van der Waals surface area contributed by atoms with E-state index in [4.69, 9.17) is 10.7 Å². The van der Waals surface area contributed by atoms with Crippen LogP contribution < -0.4 is 11.1 Å². The van der Waals surface area contributed by atoms with E-state index >= 15 is 0 Å². The number of hydrogen-bond donors (Lipinski definition) is 3. The van der Waals surface area contributed by atoms with E-state index in [9.17, 15) is 14.7 Å². The minimum atomic E-state index is -0.709. The van der Waals surface area contributed by atoms with Gasteiger partial charge in [0, 0.05) is 42.1 Å². The number of nitrogens with one attached hydrogen (secondary N) is 1. The fraction of sp³-hybridized carbons (Fsp3) is 0.457. The summed E-state index contributed by atoms with van der Waals surface area (Å²) in [5, 5.41) is 13.3. The molecule has 0 radical (unpaired) electrons. The molecule has 0 unspecified atom stereocenters. The topological polar surface area (TPSA) is 109 Å². The Kier molecular flexibility index (Phi) is 8.53. The highest BCUT2D eigenvalue weighted by Crippen LogP contribution is 2.46. The number of carbonyl (C=O) groups is 2. The molecule has 42 heavy (non-hydrogen) atoms. The van der Waals surface area contributed by atoms with E-state index in [1.807, 2.05) is 93.4 Å². The van der Waals surface area contributed by atoms with E-state index in [1.165, 1.54) is 0 Å². The number of benzene rings is 2. The summed E-state index contributed by atoms with van der Waals surface area (Å²) in [6.07, 6.45) is 7.02. The molecule has 0 bridgehead atoms. The molecule has 2 aromatic carbocycles. The number of aliphatic hydroxyl groups is 1. The predicted octanol–water partition coefficient (Wildman–Crippen LogP) is 6.12. The van der Waals surface area contributed by atoms with Gasteiger partial charge in [-0.25, -0.2) is 0 Å². The molecule has 2 saturated carbocycles. The van der Waals surface area contributed by atoms with Crippen LogP contribution >= 0.6 is 0 Å². The number of rotatable bonds is 8. The van der Waals surface area contributed by atoms with Gasteiger partial charge in [0.15, 0.2) is 0 Å². The Morgan fingerprint density at radius 3 is 2.26 bits per heavy atom. The second kappa shape index (κ2) is 12.0. The van der Waals surface area contributed by atoms with Crippen LogP contribution in [0.3, 0.4) is 0 Å². The summed E-state index contributed by atoms with van der Waals surface area (Å²) in [4.78, 5) is 32.2. The Labute approximate surface area is 249 Å². The van der Waals surface area contributed by atoms with Gasteiger partial charge in [-0.2, -0.15) is 0 Å². The van der Waals surface area contributed by atoms with Gasteiger partial charge in [0.25, 0.3) is 0 Å². The van der Waals surface area contributed by atoms with Crippen LogP contribution in [-0.2, 0) is 15.1 Å². The first kappa shape index (κ1) is 29.9. The second-order valence-corrected chi connectivity index (χ2v) is 13.1. The maximum absolute atomic E-state index is 13.1. The highest BCUT2D eigenvalue weighted by Gasteiger charge is 2.49. The quantitative estimate of drug-likeness (QED) is 0.304. The number of nitrogens with zero attached hydrogens (tertiary/aromatic N) is 2. The van der Waals surface area contributed by atoms with Crippen molar-refractivity contribution in [3.05, 3.63) is 72.4 Å². The number of amides is 2. The van der Waals surface area contributed by atoms with Gasteiger partial charge < -0.3 is 21.1 Å². The third kappa shape index (κ3) is 6.58. The lowest BCUT2D eigenvalue weighted by atomic mass is 9.63. The van der Waals surface area contributed by atoms with E-state index in [-0.39, 0.29) is 23.8 Å². The van der Waals surface area contributed by atoms with Gasteiger partial charge in [0.1, 0.15) is 0 Å². The molecule has 2 fully saturated rings. The van der Waals surface area contributed by atoms with Crippen LogP contribution in [-0.4, -0.2) is 45.5 Å². The van der Waals surface area contributed by atoms with E-state index in [2.05, 4.69) is 5.32 Å². The van der Waals surface area contributed by atoms with Crippen molar-refractivity contribution in [2.75, 3.05) is 12.4 Å². The van der Waals surface area contributed by atoms with Gasteiger partial charge in [-0.05, 0) is 68.6 Å². The average Bonchev–Trinajstić information content (AvgIpc) is 2.96. The van der Waals surface area contributed by atoms with Gasteiger partial charge in [-0.15, -0.1) is 0 Å². The zero-order valence-electron chi connectivity index (χ0n) is 25.3. The van der Waals surface area contributed by atoms with Crippen LogP contribution in [0, 0.1) is 11.8 Å². The number of nitrogens with two attached hydrogens (primary N) is 1. The van der Waals surface area contributed by atoms with Crippen molar-refractivity contribution in [2.45, 2.75) is 82.9 Å². The number of carbonyl (C=O) groups excluding carboxylic acids is 2. The minimum absolute atomic E-state index is 0.00253. The Morgan fingerprint density at radius 2 is 1.67 bits per heavy atom. The molecule has 222 valence electrons. The third-order valence-electron chi connectivity index (χ3n) is 9.06. The predicted molar refractivity (Wildman–Crippen MR) is 167 cm³/mol. The number of anilines is 1. The van der Waals surface area contributed by atoms with Crippen LogP contribution in [0.25, 0.3) is 22.4 Å². The summed E-state index contributed by atoms with van der Waals surface area (Å²) >= 11 is 0. The lowest BCUT2D eigenvalue weighted by Gasteiger charge is -2.49. The van der Waals surface area contributed by atoms with Crippen LogP contribution in [0.4, 0.5) is 5.69 Å². The Balaban J connectivity index is 1.27. The Morgan fingerprint density at radius 1 is 1.02 bits per heavy atom. The normalized spacial score (nSPS) is 25.5. The highest BCUT2D eigenvalue weighted by molar-refractivity contribution is 5.93. The monoisotopic (exact) mass is 568 g/mol. The van der Waals surface area contributed by atoms with Crippen molar-refractivity contribution in [1.29, 1.82) is 0 Å². The van der Waals surface area contributed by atoms with Crippen molar-refractivity contribution in [2.24, 2.45) is 17.6 Å². The summed E-state index contributed by atoms with van der Waals surface area (Å²) in [6, 6.07) is 20.5. The first-order valence-corrected chi connectivity index (χ1v) is 15.2. The molecule has 0 spiro atoms. The number of aromatic nitrogens is 1. The van der Waals surface area contributed by atoms with Gasteiger partial charge in [-0.1, -0.05) is 68.4 Å². The fourth-order valence-corrected chi connectivity index (χ4v) is 6.87. The van der Waals surface area contributed by atoms with Gasteiger partial charge in [-0.3, -0.25) is 14.6 Å². The SMILES string of the molecule is CC(C)C(=O)N(C)C1CCC(CC(=O)Nc2cnc(-c3ccc(C4(N)CC(C)(O)C4)cc3)c(-c3ccccc3)c2)CC1. The van der Waals surface area contributed by atoms with Crippen molar-refractivity contribution in [3.63, 3.8) is 0 Å². The van der Waals surface area contributed by atoms with E-state index < -0.39 is 11.1 Å². The molecule has 5 rings (SSSR count). The molecule has 0 saturated heterocycles. The maximum atomic E-state index is 13.1. The molecule has 2 amide bonds. The maximum Gasteiger partial charge on any atom is 0.225 e. The summed E-state index contributed by atoms with van der Waals surface area (Å²) in [7, 11) is 1.91. The molecule has 0 atom stereocenters. The largest absolute Gasteiger partial charge is 0.390 e. The van der Waals surface area contributed by atoms with Crippen molar-refractivity contribution >= 4 is 17.5 Å². The van der Waals surface area contributed by atoms with Gasteiger partial charge >= 0.3 is 0 Å². The molecule has 2 aliphatic rings. The number of pyridine rings is 1. The van der Waals surface area contributed by atoms with Crippen molar-refractivity contribution < 1.29 is 14.7 Å². The third-order valence-corrected chi connectivity index (χ3v) is 9.06. The fourth-order valence-electron chi connectivity index (χ4n) is 6.87. The van der Waals surface area contributed by atoms with Crippen molar-refractivity contribution in [3.8, 4) is 22.4 Å². The molecular formula is C35H44N4O3. The summed E-state index contributed by atoms with van der Waals surface area (Å²) in [6.45, 7) is 5.70. The van der Waals surface area contributed by atoms with Crippen LogP contribution in [0.5, 0.6) is 0 Å². The minimum Gasteiger partial charge on any atom is -0.390 e. The number of hydrogen-bond acceptors (Lipinski definition) is 5. The zero-order valence-corrected chi connectivity index (χ0v) is 25.3. The van der Waals surface area contributed by atoms with Gasteiger partial charge in [0.05, 0.1) is 23.2 Å². The van der Waals surface area contributed by atoms with E-state index in [0.717, 1.165) is 53.6 Å². The molecule has 1 heterocycles. The summed E-state index contributed by atoms with van der Waals surface area (Å²) in [5.74, 6) is 0.497. The molecule has 3 aromatic rings. The Hall–Kier alpha value is -3.55. The zero-order chi connectivity index (χ0) is 30.1. The van der Waals surface area contributed by atoms with Crippen LogP contribution in [0.2, 0.25) is 0 Å². The first-order chi connectivity index (χ1) is 19.9. The summed E-state index contributed by atoms with van der Waals surface area (Å²) < 4.78 is 0. The van der Waals surface area contributed by atoms with Crippen molar-refractivity contribution in [1.82, 2.24) is 9.88 Å². The Bertz CT molecular complexity index is 1400. The molecule has 7 nitrogen and oxygen atoms in total. The molecule has 4 N–H and O–H groups in total. The van der Waals surface area contributed by atoms with E-state index in [0.29, 0.717) is 30.9 Å². The lowest BCUT2D eigenvalue weighted by molar-refractivity contribution is -0.136. The molecule has 7 heteroatoms. The van der Waals surface area contributed by atoms with Crippen LogP contribution in [0.1, 0.15) is 71.3 Å². The molecule has 2 aliphatic carbocycles. The molecule has 1 aromatic heterocycles. The lowest BCUT2D eigenvalue weighted by Crippen LogP contribution is -2.58. The standard InChI is InChI=1S/C35H44N4O3/c1-23(2)33(41)39(4)29-16-10-24(11-17-29)18-31(40)38-28-19-30(25-8-6-5-7-9-25)32(37-20-28)26-12-14-27(15-13-26)35(36)21-34(3,42)22-35/h5-9,12-15,19-20,23-24,29,42H,10-11,16-18,21-22,36H2,1-4H3,(H,38,40). The second-order valence-electron chi connectivity index (χ2n) is 13.1. The summed E-state index contributed by atoms with van der Waals surface area (Å²) in [5.41, 5.74) is 10.8. The highest BCUT2D eigenvalue weighted by atomic mass is 16.3. The first-order valence-electron chi connectivity index (χ1n) is 15.2. The van der Waals surface area contributed by atoms with Crippen LogP contribution in [0.15, 0.2) is 66.9 Å². The van der Waals surface area contributed by atoms with Gasteiger partial charge in [0.2, 0.25) is 11.8 Å². The molecular weight excluding hydrogens is 524 g/mol. The van der Waals surface area contributed by atoms with E-state index in [1.54, 1.807) is 6.20 Å².